The van der Waals surface area contributed by atoms with Gasteiger partial charge in [0.25, 0.3) is 0 Å². The molecule has 1 aromatic heterocycles. The molecular weight excluding hydrogens is 262 g/mol. The minimum atomic E-state index is -0.106. The summed E-state index contributed by atoms with van der Waals surface area (Å²) in [5.41, 5.74) is 1.78. The number of alkyl halides is 1. The van der Waals surface area contributed by atoms with Crippen LogP contribution in [0.25, 0.3) is 10.9 Å². The van der Waals surface area contributed by atoms with Crippen molar-refractivity contribution < 1.29 is 4.74 Å². The number of ether oxygens (including phenoxy) is 1. The molecule has 1 aromatic carbocycles. The first-order valence-electron chi connectivity index (χ1n) is 6.45. The van der Waals surface area contributed by atoms with E-state index in [9.17, 15) is 0 Å². The van der Waals surface area contributed by atoms with Gasteiger partial charge in [0.15, 0.2) is 0 Å². The number of halogens is 1. The van der Waals surface area contributed by atoms with E-state index in [1.165, 1.54) is 0 Å². The molecule has 4 nitrogen and oxygen atoms in total. The Balaban J connectivity index is 1.96. The number of benzene rings is 1. The highest BCUT2D eigenvalue weighted by molar-refractivity contribution is 6.19. The van der Waals surface area contributed by atoms with E-state index in [1.54, 1.807) is 6.20 Å². The Morgan fingerprint density at radius 2 is 2.05 bits per heavy atom. The first-order chi connectivity index (χ1) is 9.33. The van der Waals surface area contributed by atoms with E-state index in [2.05, 4.69) is 15.5 Å². The van der Waals surface area contributed by atoms with Gasteiger partial charge in [-0.1, -0.05) is 18.2 Å². The minimum absolute atomic E-state index is 0.106. The molecule has 19 heavy (non-hydrogen) atoms. The lowest BCUT2D eigenvalue weighted by Gasteiger charge is -2.37. The molecule has 5 heteroatoms. The second-order valence-electron chi connectivity index (χ2n) is 4.93. The highest BCUT2D eigenvalue weighted by Gasteiger charge is 2.32. The van der Waals surface area contributed by atoms with Gasteiger partial charge in [0.2, 0.25) is 0 Å². The standard InChI is InChI=1S/C14H16ClN3O/c15-10-14(5-7-19-8-6-14)17-13-9-16-18-12-4-2-1-3-11(12)13/h1-4,9H,5-8,10H2,(H,17,18). The summed E-state index contributed by atoms with van der Waals surface area (Å²) in [5, 5.41) is 12.8. The number of nitrogens with zero attached hydrogens (tertiary/aromatic N) is 2. The van der Waals surface area contributed by atoms with E-state index < -0.39 is 0 Å². The molecule has 0 radical (unpaired) electrons. The Labute approximate surface area is 117 Å². The molecule has 1 aliphatic heterocycles. The highest BCUT2D eigenvalue weighted by atomic mass is 35.5. The van der Waals surface area contributed by atoms with Crippen LogP contribution in [0.3, 0.4) is 0 Å². The van der Waals surface area contributed by atoms with Gasteiger partial charge < -0.3 is 10.1 Å². The van der Waals surface area contributed by atoms with E-state index >= 15 is 0 Å². The van der Waals surface area contributed by atoms with Gasteiger partial charge in [-0.2, -0.15) is 10.2 Å². The van der Waals surface area contributed by atoms with E-state index in [0.717, 1.165) is 42.6 Å². The molecule has 0 aliphatic carbocycles. The van der Waals surface area contributed by atoms with Gasteiger partial charge in [0.1, 0.15) is 0 Å². The third-order valence-electron chi connectivity index (χ3n) is 3.65. The lowest BCUT2D eigenvalue weighted by atomic mass is 9.91. The Kier molecular flexibility index (Phi) is 3.53. The summed E-state index contributed by atoms with van der Waals surface area (Å²) in [7, 11) is 0. The molecule has 0 saturated carbocycles. The summed E-state index contributed by atoms with van der Waals surface area (Å²) in [6, 6.07) is 7.98. The van der Waals surface area contributed by atoms with E-state index in [4.69, 9.17) is 16.3 Å². The first kappa shape index (κ1) is 12.6. The van der Waals surface area contributed by atoms with Crippen molar-refractivity contribution in [3.05, 3.63) is 30.5 Å². The van der Waals surface area contributed by atoms with Gasteiger partial charge in [-0.25, -0.2) is 0 Å². The van der Waals surface area contributed by atoms with Crippen LogP contribution in [0.4, 0.5) is 5.69 Å². The van der Waals surface area contributed by atoms with Gasteiger partial charge >= 0.3 is 0 Å². The molecule has 0 spiro atoms. The fourth-order valence-electron chi connectivity index (χ4n) is 2.45. The Hall–Kier alpha value is -1.39. The van der Waals surface area contributed by atoms with Crippen LogP contribution in [0, 0.1) is 0 Å². The van der Waals surface area contributed by atoms with Crippen molar-refractivity contribution in [2.45, 2.75) is 18.4 Å². The first-order valence-corrected chi connectivity index (χ1v) is 6.99. The van der Waals surface area contributed by atoms with Crippen molar-refractivity contribution in [2.75, 3.05) is 24.4 Å². The fourth-order valence-corrected chi connectivity index (χ4v) is 2.78. The monoisotopic (exact) mass is 277 g/mol. The Bertz CT molecular complexity index is 564. The molecule has 0 amide bonds. The molecule has 1 N–H and O–H groups in total. The molecule has 0 unspecified atom stereocenters. The zero-order valence-electron chi connectivity index (χ0n) is 10.6. The third-order valence-corrected chi connectivity index (χ3v) is 4.16. The smallest absolute Gasteiger partial charge is 0.0950 e. The number of rotatable bonds is 3. The summed E-state index contributed by atoms with van der Waals surface area (Å²) in [5.74, 6) is 0.563. The normalized spacial score (nSPS) is 18.4. The third kappa shape index (κ3) is 2.51. The second kappa shape index (κ2) is 5.31. The summed E-state index contributed by atoms with van der Waals surface area (Å²) in [6.07, 6.45) is 3.59. The van der Waals surface area contributed by atoms with Crippen LogP contribution < -0.4 is 5.32 Å². The van der Waals surface area contributed by atoms with Crippen molar-refractivity contribution in [1.29, 1.82) is 0 Å². The zero-order chi connectivity index (χ0) is 13.1. The molecule has 0 bridgehead atoms. The summed E-state index contributed by atoms with van der Waals surface area (Å²) < 4.78 is 5.43. The molecule has 2 aromatic rings. The fraction of sp³-hybridized carbons (Fsp3) is 0.429. The molecule has 1 fully saturated rings. The van der Waals surface area contributed by atoms with Crippen LogP contribution in [0.2, 0.25) is 0 Å². The average molecular weight is 278 g/mol. The van der Waals surface area contributed by atoms with Gasteiger partial charge in [-0.3, -0.25) is 0 Å². The van der Waals surface area contributed by atoms with Gasteiger partial charge in [0.05, 0.1) is 22.9 Å². The highest BCUT2D eigenvalue weighted by Crippen LogP contribution is 2.30. The molecule has 0 atom stereocenters. The Morgan fingerprint density at radius 1 is 1.26 bits per heavy atom. The maximum atomic E-state index is 6.18. The van der Waals surface area contributed by atoms with Gasteiger partial charge in [0, 0.05) is 24.5 Å². The Morgan fingerprint density at radius 3 is 2.84 bits per heavy atom. The minimum Gasteiger partial charge on any atom is -0.381 e. The number of hydrogen-bond acceptors (Lipinski definition) is 4. The number of hydrogen-bond donors (Lipinski definition) is 1. The lowest BCUT2D eigenvalue weighted by Crippen LogP contribution is -2.45. The van der Waals surface area contributed by atoms with Crippen LogP contribution in [0.15, 0.2) is 30.5 Å². The largest absolute Gasteiger partial charge is 0.381 e. The zero-order valence-corrected chi connectivity index (χ0v) is 11.4. The molecule has 3 rings (SSSR count). The van der Waals surface area contributed by atoms with E-state index in [-0.39, 0.29) is 5.54 Å². The summed E-state index contributed by atoms with van der Waals surface area (Å²) in [6.45, 7) is 1.49. The van der Waals surface area contributed by atoms with E-state index in [1.807, 2.05) is 24.3 Å². The molecule has 2 heterocycles. The number of anilines is 1. The van der Waals surface area contributed by atoms with Crippen molar-refractivity contribution in [3.8, 4) is 0 Å². The SMILES string of the molecule is ClCC1(Nc2cnnc3ccccc23)CCOCC1. The quantitative estimate of drug-likeness (QED) is 0.877. The summed E-state index contributed by atoms with van der Waals surface area (Å²) in [4.78, 5) is 0. The van der Waals surface area contributed by atoms with Crippen LogP contribution in [0.5, 0.6) is 0 Å². The van der Waals surface area contributed by atoms with Crippen LogP contribution in [0.1, 0.15) is 12.8 Å². The molecule has 1 aliphatic rings. The second-order valence-corrected chi connectivity index (χ2v) is 5.19. The average Bonchev–Trinajstić information content (AvgIpc) is 2.49. The van der Waals surface area contributed by atoms with Crippen LogP contribution in [-0.4, -0.2) is 34.8 Å². The number of aromatic nitrogens is 2. The predicted molar refractivity (Wildman–Crippen MR) is 76.7 cm³/mol. The maximum Gasteiger partial charge on any atom is 0.0950 e. The van der Waals surface area contributed by atoms with Crippen molar-refractivity contribution in [2.24, 2.45) is 0 Å². The number of fused-ring (bicyclic) bond motifs is 1. The maximum absolute atomic E-state index is 6.18. The van der Waals surface area contributed by atoms with E-state index in [0.29, 0.717) is 5.88 Å². The van der Waals surface area contributed by atoms with Crippen molar-refractivity contribution in [1.82, 2.24) is 10.2 Å². The van der Waals surface area contributed by atoms with Crippen LogP contribution in [-0.2, 0) is 4.74 Å². The van der Waals surface area contributed by atoms with Crippen molar-refractivity contribution in [3.63, 3.8) is 0 Å². The molecule has 100 valence electrons. The van der Waals surface area contributed by atoms with Gasteiger partial charge in [-0.05, 0) is 18.9 Å². The van der Waals surface area contributed by atoms with Crippen molar-refractivity contribution >= 4 is 28.2 Å². The summed E-state index contributed by atoms with van der Waals surface area (Å²) >= 11 is 6.18. The lowest BCUT2D eigenvalue weighted by molar-refractivity contribution is 0.0668. The van der Waals surface area contributed by atoms with Crippen LogP contribution >= 0.6 is 11.6 Å². The topological polar surface area (TPSA) is 47.0 Å². The molecule has 1 saturated heterocycles. The number of nitrogens with one attached hydrogen (secondary N) is 1. The molecular formula is C14H16ClN3O. The van der Waals surface area contributed by atoms with Gasteiger partial charge in [-0.15, -0.1) is 11.6 Å². The predicted octanol–water partition coefficient (Wildman–Crippen LogP) is 2.83.